The van der Waals surface area contributed by atoms with E-state index in [0.717, 1.165) is 19.5 Å². The first-order chi connectivity index (χ1) is 6.78. The average molecular weight is 212 g/mol. The summed E-state index contributed by atoms with van der Waals surface area (Å²) in [6.45, 7) is 9.94. The van der Waals surface area contributed by atoms with Crippen LogP contribution in [0.4, 0.5) is 0 Å². The summed E-state index contributed by atoms with van der Waals surface area (Å²) in [5.41, 5.74) is 5.55. The molecule has 1 rings (SSSR count). The Morgan fingerprint density at radius 3 is 2.60 bits per heavy atom. The minimum absolute atomic E-state index is 0.109. The van der Waals surface area contributed by atoms with E-state index in [1.54, 1.807) is 0 Å². The molecule has 0 aliphatic carbocycles. The molecule has 3 nitrogen and oxygen atoms in total. The number of hydrogen-bond acceptors (Lipinski definition) is 2. The third-order valence-electron chi connectivity index (χ3n) is 3.41. The van der Waals surface area contributed by atoms with Crippen molar-refractivity contribution >= 4 is 5.91 Å². The van der Waals surface area contributed by atoms with Gasteiger partial charge < -0.3 is 10.6 Å². The quantitative estimate of drug-likeness (QED) is 0.758. The van der Waals surface area contributed by atoms with E-state index in [1.165, 1.54) is 6.42 Å². The van der Waals surface area contributed by atoms with Crippen molar-refractivity contribution in [1.29, 1.82) is 0 Å². The molecule has 2 N–H and O–H groups in total. The number of piperidine rings is 1. The lowest BCUT2D eigenvalue weighted by molar-refractivity contribution is -0.139. The number of amides is 1. The summed E-state index contributed by atoms with van der Waals surface area (Å²) < 4.78 is 0. The van der Waals surface area contributed by atoms with Crippen LogP contribution in [0.1, 0.15) is 47.0 Å². The number of carbonyl (C=O) groups excluding carboxylic acids is 1. The number of hydrogen-bond donors (Lipinski definition) is 1. The Morgan fingerprint density at radius 1 is 1.53 bits per heavy atom. The molecule has 0 saturated carbocycles. The minimum atomic E-state index is -0.687. The maximum Gasteiger partial charge on any atom is 0.242 e. The second-order valence-electron chi connectivity index (χ2n) is 5.77. The topological polar surface area (TPSA) is 46.3 Å². The van der Waals surface area contributed by atoms with Gasteiger partial charge in [-0.2, -0.15) is 0 Å². The Morgan fingerprint density at radius 2 is 2.13 bits per heavy atom. The van der Waals surface area contributed by atoms with Gasteiger partial charge in [-0.1, -0.05) is 20.8 Å². The molecule has 0 aromatic heterocycles. The lowest BCUT2D eigenvalue weighted by atomic mass is 9.83. The molecule has 88 valence electrons. The monoisotopic (exact) mass is 212 g/mol. The summed E-state index contributed by atoms with van der Waals surface area (Å²) >= 11 is 0. The lowest BCUT2D eigenvalue weighted by Crippen LogP contribution is -2.56. The molecule has 0 radical (unpaired) electrons. The molecule has 3 heteroatoms. The van der Waals surface area contributed by atoms with Crippen molar-refractivity contribution in [3.63, 3.8) is 0 Å². The zero-order valence-electron chi connectivity index (χ0n) is 10.5. The van der Waals surface area contributed by atoms with Crippen LogP contribution in [0.15, 0.2) is 0 Å². The Kier molecular flexibility index (Phi) is 3.44. The molecule has 0 aromatic carbocycles. The first kappa shape index (κ1) is 12.5. The van der Waals surface area contributed by atoms with Crippen LogP contribution in [0.2, 0.25) is 0 Å². The van der Waals surface area contributed by atoms with Gasteiger partial charge in [-0.3, -0.25) is 4.79 Å². The molecule has 0 spiro atoms. The van der Waals surface area contributed by atoms with Crippen molar-refractivity contribution in [2.24, 2.45) is 11.1 Å². The smallest absolute Gasteiger partial charge is 0.242 e. The van der Waals surface area contributed by atoms with Crippen LogP contribution in [-0.2, 0) is 4.79 Å². The standard InChI is InChI=1S/C12H24N2O/c1-5-12(4,13)10(15)14-8-6-7-11(2,3)9-14/h5-9,13H2,1-4H3. The van der Waals surface area contributed by atoms with Gasteiger partial charge in [0.1, 0.15) is 0 Å². The van der Waals surface area contributed by atoms with Crippen molar-refractivity contribution in [3.8, 4) is 0 Å². The highest BCUT2D eigenvalue weighted by molar-refractivity contribution is 5.85. The van der Waals surface area contributed by atoms with Crippen molar-refractivity contribution < 1.29 is 4.79 Å². The molecule has 1 aliphatic rings. The fourth-order valence-corrected chi connectivity index (χ4v) is 2.11. The zero-order valence-corrected chi connectivity index (χ0v) is 10.5. The molecular weight excluding hydrogens is 188 g/mol. The number of rotatable bonds is 2. The van der Waals surface area contributed by atoms with Gasteiger partial charge in [0.2, 0.25) is 5.91 Å². The van der Waals surface area contributed by atoms with Crippen LogP contribution < -0.4 is 5.73 Å². The fraction of sp³-hybridized carbons (Fsp3) is 0.917. The Bertz CT molecular complexity index is 246. The highest BCUT2D eigenvalue weighted by atomic mass is 16.2. The summed E-state index contributed by atoms with van der Waals surface area (Å²) in [5.74, 6) is 0.109. The van der Waals surface area contributed by atoms with Gasteiger partial charge in [0.25, 0.3) is 0 Å². The molecular formula is C12H24N2O. The van der Waals surface area contributed by atoms with E-state index in [9.17, 15) is 4.79 Å². The molecule has 15 heavy (non-hydrogen) atoms. The second-order valence-corrected chi connectivity index (χ2v) is 5.77. The minimum Gasteiger partial charge on any atom is -0.341 e. The Balaban J connectivity index is 2.68. The molecule has 1 saturated heterocycles. The third-order valence-corrected chi connectivity index (χ3v) is 3.41. The van der Waals surface area contributed by atoms with Crippen molar-refractivity contribution in [2.75, 3.05) is 13.1 Å². The van der Waals surface area contributed by atoms with Gasteiger partial charge in [0.05, 0.1) is 5.54 Å². The van der Waals surface area contributed by atoms with Crippen LogP contribution in [0, 0.1) is 5.41 Å². The first-order valence-corrected chi connectivity index (χ1v) is 5.87. The molecule has 1 unspecified atom stereocenters. The fourth-order valence-electron chi connectivity index (χ4n) is 2.11. The van der Waals surface area contributed by atoms with Crippen LogP contribution >= 0.6 is 0 Å². The maximum atomic E-state index is 12.1. The highest BCUT2D eigenvalue weighted by Crippen LogP contribution is 2.29. The predicted octanol–water partition coefficient (Wildman–Crippen LogP) is 1.76. The van der Waals surface area contributed by atoms with E-state index in [2.05, 4.69) is 13.8 Å². The number of likely N-dealkylation sites (tertiary alicyclic amines) is 1. The average Bonchev–Trinajstić information content (AvgIpc) is 2.15. The number of nitrogens with two attached hydrogens (primary N) is 1. The van der Waals surface area contributed by atoms with Crippen LogP contribution in [0.3, 0.4) is 0 Å². The number of carbonyl (C=O) groups is 1. The molecule has 1 amide bonds. The van der Waals surface area contributed by atoms with Crippen LogP contribution in [-0.4, -0.2) is 29.4 Å². The van der Waals surface area contributed by atoms with Gasteiger partial charge in [-0.15, -0.1) is 0 Å². The van der Waals surface area contributed by atoms with E-state index >= 15 is 0 Å². The molecule has 1 aliphatic heterocycles. The van der Waals surface area contributed by atoms with E-state index in [-0.39, 0.29) is 11.3 Å². The molecule has 1 fully saturated rings. The lowest BCUT2D eigenvalue weighted by Gasteiger charge is -2.41. The van der Waals surface area contributed by atoms with E-state index in [1.807, 2.05) is 18.7 Å². The maximum absolute atomic E-state index is 12.1. The van der Waals surface area contributed by atoms with E-state index in [4.69, 9.17) is 5.73 Å². The summed E-state index contributed by atoms with van der Waals surface area (Å²) in [6.07, 6.45) is 2.99. The van der Waals surface area contributed by atoms with E-state index in [0.29, 0.717) is 6.42 Å². The number of nitrogens with zero attached hydrogens (tertiary/aromatic N) is 1. The van der Waals surface area contributed by atoms with Crippen molar-refractivity contribution in [2.45, 2.75) is 52.5 Å². The SMILES string of the molecule is CCC(C)(N)C(=O)N1CCCC(C)(C)C1. The van der Waals surface area contributed by atoms with Gasteiger partial charge in [0, 0.05) is 13.1 Å². The summed E-state index contributed by atoms with van der Waals surface area (Å²) in [4.78, 5) is 14.1. The zero-order chi connectivity index (χ0) is 11.7. The Hall–Kier alpha value is -0.570. The predicted molar refractivity (Wildman–Crippen MR) is 62.5 cm³/mol. The van der Waals surface area contributed by atoms with Gasteiger partial charge >= 0.3 is 0 Å². The van der Waals surface area contributed by atoms with Gasteiger partial charge in [0.15, 0.2) is 0 Å². The van der Waals surface area contributed by atoms with Crippen LogP contribution in [0.25, 0.3) is 0 Å². The summed E-state index contributed by atoms with van der Waals surface area (Å²) in [5, 5.41) is 0. The van der Waals surface area contributed by atoms with Crippen molar-refractivity contribution in [1.82, 2.24) is 4.90 Å². The summed E-state index contributed by atoms with van der Waals surface area (Å²) in [6, 6.07) is 0. The largest absolute Gasteiger partial charge is 0.341 e. The third kappa shape index (κ3) is 2.94. The Labute approximate surface area is 93.0 Å². The normalized spacial score (nSPS) is 24.7. The van der Waals surface area contributed by atoms with E-state index < -0.39 is 5.54 Å². The second kappa shape index (κ2) is 4.12. The van der Waals surface area contributed by atoms with Crippen molar-refractivity contribution in [3.05, 3.63) is 0 Å². The molecule has 1 atom stereocenters. The molecule has 0 bridgehead atoms. The van der Waals surface area contributed by atoms with Gasteiger partial charge in [-0.05, 0) is 31.6 Å². The molecule has 1 heterocycles. The highest BCUT2D eigenvalue weighted by Gasteiger charge is 2.35. The van der Waals surface area contributed by atoms with Crippen LogP contribution in [0.5, 0.6) is 0 Å². The molecule has 0 aromatic rings. The van der Waals surface area contributed by atoms with Gasteiger partial charge in [-0.25, -0.2) is 0 Å². The summed E-state index contributed by atoms with van der Waals surface area (Å²) in [7, 11) is 0. The first-order valence-electron chi connectivity index (χ1n) is 5.87.